The predicted molar refractivity (Wildman–Crippen MR) is 86.2 cm³/mol. The van der Waals surface area contributed by atoms with Crippen molar-refractivity contribution in [2.24, 2.45) is 0 Å². The summed E-state index contributed by atoms with van der Waals surface area (Å²) in [7, 11) is 0. The molecule has 2 aromatic rings. The lowest BCUT2D eigenvalue weighted by molar-refractivity contribution is 0.536. The molecule has 1 heterocycles. The predicted octanol–water partition coefficient (Wildman–Crippen LogP) is 3.59. The van der Waals surface area contributed by atoms with E-state index in [1.54, 1.807) is 11.3 Å². The monoisotopic (exact) mass is 308 g/mol. The van der Waals surface area contributed by atoms with Gasteiger partial charge in [-0.15, -0.1) is 16.1 Å². The SMILES string of the molecule is Cc1ncc(C(N[S@+]([O-])C(C)(C)C)c2ccccc2)s1. The van der Waals surface area contributed by atoms with Gasteiger partial charge in [0.05, 0.1) is 9.88 Å². The van der Waals surface area contributed by atoms with Crippen LogP contribution in [0.15, 0.2) is 36.5 Å². The quantitative estimate of drug-likeness (QED) is 0.878. The number of rotatable bonds is 4. The fourth-order valence-electron chi connectivity index (χ4n) is 1.73. The van der Waals surface area contributed by atoms with Crippen molar-refractivity contribution in [3.05, 3.63) is 52.0 Å². The van der Waals surface area contributed by atoms with Crippen LogP contribution in [-0.2, 0) is 11.4 Å². The second-order valence-electron chi connectivity index (χ2n) is 5.62. The van der Waals surface area contributed by atoms with E-state index in [9.17, 15) is 4.55 Å². The Morgan fingerprint density at radius 3 is 2.40 bits per heavy atom. The maximum atomic E-state index is 12.4. The van der Waals surface area contributed by atoms with Crippen molar-refractivity contribution < 1.29 is 4.55 Å². The van der Waals surface area contributed by atoms with Crippen molar-refractivity contribution in [2.45, 2.75) is 38.5 Å². The van der Waals surface area contributed by atoms with Gasteiger partial charge in [-0.1, -0.05) is 30.3 Å². The summed E-state index contributed by atoms with van der Waals surface area (Å²) in [5.41, 5.74) is 1.11. The topological polar surface area (TPSA) is 48.0 Å². The molecule has 20 heavy (non-hydrogen) atoms. The molecule has 108 valence electrons. The third-order valence-electron chi connectivity index (χ3n) is 2.84. The lowest BCUT2D eigenvalue weighted by Gasteiger charge is -2.27. The molecule has 1 aromatic heterocycles. The molecular weight excluding hydrogens is 288 g/mol. The van der Waals surface area contributed by atoms with Crippen LogP contribution in [0.5, 0.6) is 0 Å². The van der Waals surface area contributed by atoms with Crippen LogP contribution in [0.25, 0.3) is 0 Å². The molecule has 0 spiro atoms. The van der Waals surface area contributed by atoms with Crippen molar-refractivity contribution in [3.63, 3.8) is 0 Å². The molecule has 0 aliphatic heterocycles. The maximum Gasteiger partial charge on any atom is 0.136 e. The molecule has 0 bridgehead atoms. The first kappa shape index (κ1) is 15.5. The summed E-state index contributed by atoms with van der Waals surface area (Å²) in [6.07, 6.45) is 1.87. The van der Waals surface area contributed by atoms with Gasteiger partial charge in [0.1, 0.15) is 10.8 Å². The van der Waals surface area contributed by atoms with Crippen LogP contribution in [0.4, 0.5) is 0 Å². The van der Waals surface area contributed by atoms with Crippen LogP contribution in [0.2, 0.25) is 0 Å². The van der Waals surface area contributed by atoms with Crippen LogP contribution < -0.4 is 4.72 Å². The summed E-state index contributed by atoms with van der Waals surface area (Å²) in [5, 5.41) is 1.02. The average Bonchev–Trinajstić information content (AvgIpc) is 2.82. The zero-order chi connectivity index (χ0) is 14.8. The number of aromatic nitrogens is 1. The van der Waals surface area contributed by atoms with Gasteiger partial charge in [-0.2, -0.15) is 0 Å². The Morgan fingerprint density at radius 2 is 1.90 bits per heavy atom. The van der Waals surface area contributed by atoms with Crippen LogP contribution in [0, 0.1) is 6.92 Å². The molecule has 0 saturated carbocycles. The van der Waals surface area contributed by atoms with E-state index >= 15 is 0 Å². The Bertz CT molecular complexity index is 549. The van der Waals surface area contributed by atoms with Crippen molar-refractivity contribution in [2.75, 3.05) is 0 Å². The molecule has 2 atom stereocenters. The van der Waals surface area contributed by atoms with Gasteiger partial charge in [-0.3, -0.25) is 0 Å². The maximum absolute atomic E-state index is 12.4. The molecule has 5 heteroatoms. The molecule has 0 amide bonds. The minimum atomic E-state index is -1.13. The second kappa shape index (κ2) is 6.26. The molecule has 1 unspecified atom stereocenters. The van der Waals surface area contributed by atoms with Gasteiger partial charge in [-0.05, 0) is 33.3 Å². The molecule has 1 aromatic carbocycles. The van der Waals surface area contributed by atoms with E-state index in [1.165, 1.54) is 0 Å². The van der Waals surface area contributed by atoms with Crippen LogP contribution in [0.3, 0.4) is 0 Å². The Hall–Kier alpha value is -0.880. The van der Waals surface area contributed by atoms with E-state index in [0.29, 0.717) is 0 Å². The lowest BCUT2D eigenvalue weighted by Crippen LogP contribution is -2.41. The van der Waals surface area contributed by atoms with Gasteiger partial charge in [0, 0.05) is 17.6 Å². The standard InChI is InChI=1S/C15H20N2OS2/c1-11-16-10-13(19-11)14(12-8-6-5-7-9-12)17-20(18)15(2,3)4/h5-10,14,17H,1-4H3/t14?,20-/m1/s1. The fourth-order valence-corrected chi connectivity index (χ4v) is 3.50. The van der Waals surface area contributed by atoms with E-state index in [4.69, 9.17) is 0 Å². The largest absolute Gasteiger partial charge is 0.598 e. The van der Waals surface area contributed by atoms with Crippen LogP contribution in [0.1, 0.15) is 42.3 Å². The highest BCUT2D eigenvalue weighted by atomic mass is 32.2. The highest BCUT2D eigenvalue weighted by molar-refractivity contribution is 7.90. The van der Waals surface area contributed by atoms with Gasteiger partial charge in [0.25, 0.3) is 0 Å². The number of nitrogens with zero attached hydrogens (tertiary/aromatic N) is 1. The first-order valence-corrected chi connectivity index (χ1v) is 8.50. The summed E-state index contributed by atoms with van der Waals surface area (Å²) in [6, 6.07) is 10.00. The Morgan fingerprint density at radius 1 is 1.25 bits per heavy atom. The van der Waals surface area contributed by atoms with Gasteiger partial charge < -0.3 is 4.55 Å². The minimum Gasteiger partial charge on any atom is -0.598 e. The van der Waals surface area contributed by atoms with Crippen LogP contribution in [-0.4, -0.2) is 14.3 Å². The summed E-state index contributed by atoms with van der Waals surface area (Å²) >= 11 is 0.505. The second-order valence-corrected chi connectivity index (χ2v) is 8.89. The summed E-state index contributed by atoms with van der Waals surface area (Å²) in [5.74, 6) is 0. The van der Waals surface area contributed by atoms with Gasteiger partial charge in [0.2, 0.25) is 0 Å². The Labute approximate surface area is 127 Å². The first-order valence-electron chi connectivity index (χ1n) is 6.53. The molecular formula is C15H20N2OS2. The fraction of sp³-hybridized carbons (Fsp3) is 0.400. The minimum absolute atomic E-state index is 0.0811. The number of aryl methyl sites for hydroxylation is 1. The summed E-state index contributed by atoms with van der Waals surface area (Å²) in [4.78, 5) is 5.40. The van der Waals surface area contributed by atoms with Gasteiger partial charge in [-0.25, -0.2) is 4.98 Å². The normalized spacial score (nSPS) is 15.1. The summed E-state index contributed by atoms with van der Waals surface area (Å²) < 4.78 is 15.4. The van der Waals surface area contributed by atoms with Crippen molar-refractivity contribution >= 4 is 22.7 Å². The third kappa shape index (κ3) is 3.82. The van der Waals surface area contributed by atoms with Gasteiger partial charge >= 0.3 is 0 Å². The molecule has 0 aliphatic rings. The number of hydrogen-bond acceptors (Lipinski definition) is 4. The van der Waals surface area contributed by atoms with E-state index in [2.05, 4.69) is 9.71 Å². The van der Waals surface area contributed by atoms with Crippen LogP contribution >= 0.6 is 11.3 Å². The van der Waals surface area contributed by atoms with E-state index in [1.807, 2.05) is 64.2 Å². The number of nitrogens with one attached hydrogen (secondary N) is 1. The first-order chi connectivity index (χ1) is 9.38. The van der Waals surface area contributed by atoms with E-state index in [0.717, 1.165) is 15.4 Å². The van der Waals surface area contributed by atoms with Gasteiger partial charge in [0.15, 0.2) is 0 Å². The van der Waals surface area contributed by atoms with Crippen molar-refractivity contribution in [1.29, 1.82) is 0 Å². The van der Waals surface area contributed by atoms with Crippen molar-refractivity contribution in [1.82, 2.24) is 9.71 Å². The van der Waals surface area contributed by atoms with E-state index < -0.39 is 11.4 Å². The average molecular weight is 308 g/mol. The highest BCUT2D eigenvalue weighted by Gasteiger charge is 2.31. The summed E-state index contributed by atoms with van der Waals surface area (Å²) in [6.45, 7) is 7.89. The van der Waals surface area contributed by atoms with Crippen molar-refractivity contribution in [3.8, 4) is 0 Å². The smallest absolute Gasteiger partial charge is 0.136 e. The number of thiazole rings is 1. The molecule has 0 fully saturated rings. The number of hydrogen-bond donors (Lipinski definition) is 1. The third-order valence-corrected chi connectivity index (χ3v) is 5.38. The zero-order valence-corrected chi connectivity index (χ0v) is 13.8. The highest BCUT2D eigenvalue weighted by Crippen LogP contribution is 2.29. The lowest BCUT2D eigenvalue weighted by atomic mass is 10.1. The molecule has 0 saturated heterocycles. The Balaban J connectivity index is 2.30. The molecule has 3 nitrogen and oxygen atoms in total. The molecule has 0 radical (unpaired) electrons. The van der Waals surface area contributed by atoms with E-state index in [-0.39, 0.29) is 10.8 Å². The molecule has 2 rings (SSSR count). The molecule has 1 N–H and O–H groups in total. The zero-order valence-electron chi connectivity index (χ0n) is 12.2. The molecule has 0 aliphatic carbocycles. The number of benzene rings is 1. The Kier molecular flexibility index (Phi) is 4.86.